The second kappa shape index (κ2) is 4.35. The Kier molecular flexibility index (Phi) is 2.78. The third-order valence-corrected chi connectivity index (χ3v) is 3.57. The number of hydrogen-bond acceptors (Lipinski definition) is 2. The number of nitrogens with zero attached hydrogens (tertiary/aromatic N) is 2. The molecule has 0 radical (unpaired) electrons. The summed E-state index contributed by atoms with van der Waals surface area (Å²) in [5.74, 6) is 0.225. The summed E-state index contributed by atoms with van der Waals surface area (Å²) < 4.78 is 16.8. The normalized spacial score (nSPS) is 11.1. The lowest BCUT2D eigenvalue weighted by Crippen LogP contribution is -1.96. The summed E-state index contributed by atoms with van der Waals surface area (Å²) in [7, 11) is 1.87. The van der Waals surface area contributed by atoms with E-state index in [1.54, 1.807) is 12.1 Å². The minimum Gasteiger partial charge on any atom is -0.399 e. The first-order valence-corrected chi connectivity index (χ1v) is 6.53. The summed E-state index contributed by atoms with van der Waals surface area (Å²) in [6.07, 6.45) is 0. The van der Waals surface area contributed by atoms with Gasteiger partial charge in [0.05, 0.1) is 16.6 Å². The maximum atomic E-state index is 14.0. The zero-order valence-electron chi connectivity index (χ0n) is 10.2. The van der Waals surface area contributed by atoms with E-state index in [4.69, 9.17) is 5.73 Å². The molecule has 0 amide bonds. The number of aromatic nitrogens is 2. The Morgan fingerprint density at radius 1 is 1.21 bits per heavy atom. The summed E-state index contributed by atoms with van der Waals surface area (Å²) in [6, 6.07) is 10.4. The van der Waals surface area contributed by atoms with E-state index in [2.05, 4.69) is 20.9 Å². The predicted molar refractivity (Wildman–Crippen MR) is 78.2 cm³/mol. The van der Waals surface area contributed by atoms with Gasteiger partial charge in [0, 0.05) is 17.2 Å². The van der Waals surface area contributed by atoms with Crippen LogP contribution in [-0.2, 0) is 7.05 Å². The third-order valence-electron chi connectivity index (χ3n) is 3.08. The Bertz CT molecular complexity index is 780. The molecule has 5 heteroatoms. The lowest BCUT2D eigenvalue weighted by Gasteiger charge is -2.04. The van der Waals surface area contributed by atoms with Crippen molar-refractivity contribution >= 4 is 32.7 Å². The largest absolute Gasteiger partial charge is 0.399 e. The molecule has 0 aliphatic rings. The summed E-state index contributed by atoms with van der Waals surface area (Å²) in [6.45, 7) is 0. The van der Waals surface area contributed by atoms with Crippen molar-refractivity contribution in [3.63, 3.8) is 0 Å². The Labute approximate surface area is 118 Å². The van der Waals surface area contributed by atoms with Gasteiger partial charge in [0.2, 0.25) is 0 Å². The molecule has 1 heterocycles. The maximum absolute atomic E-state index is 14.0. The maximum Gasteiger partial charge on any atom is 0.143 e. The Morgan fingerprint density at radius 3 is 2.74 bits per heavy atom. The van der Waals surface area contributed by atoms with Crippen molar-refractivity contribution in [1.29, 1.82) is 0 Å². The first-order valence-electron chi connectivity index (χ1n) is 5.73. The summed E-state index contributed by atoms with van der Waals surface area (Å²) >= 11 is 3.41. The van der Waals surface area contributed by atoms with Gasteiger partial charge < -0.3 is 10.3 Å². The molecule has 96 valence electrons. The van der Waals surface area contributed by atoms with Crippen LogP contribution in [0.5, 0.6) is 0 Å². The summed E-state index contributed by atoms with van der Waals surface area (Å²) in [5, 5.41) is 0. The molecule has 0 unspecified atom stereocenters. The number of aryl methyl sites for hydroxylation is 1. The van der Waals surface area contributed by atoms with Gasteiger partial charge in [0.1, 0.15) is 11.6 Å². The van der Waals surface area contributed by atoms with Crippen LogP contribution in [0.25, 0.3) is 22.4 Å². The van der Waals surface area contributed by atoms with Gasteiger partial charge in [0.15, 0.2) is 0 Å². The molecule has 3 aromatic rings. The average Bonchev–Trinajstić information content (AvgIpc) is 2.66. The van der Waals surface area contributed by atoms with Crippen molar-refractivity contribution in [2.24, 2.45) is 7.05 Å². The number of imidazole rings is 1. The highest BCUT2D eigenvalue weighted by molar-refractivity contribution is 9.10. The van der Waals surface area contributed by atoms with Gasteiger partial charge in [-0.1, -0.05) is 15.9 Å². The van der Waals surface area contributed by atoms with Crippen molar-refractivity contribution in [2.45, 2.75) is 0 Å². The monoisotopic (exact) mass is 319 g/mol. The first kappa shape index (κ1) is 12.2. The van der Waals surface area contributed by atoms with Crippen LogP contribution in [0.2, 0.25) is 0 Å². The standard InChI is InChI=1S/C14H11BrFN3/c1-19-13-5-2-8(15)6-12(13)18-14(19)10-4-3-9(17)7-11(10)16/h2-7H,17H2,1H3. The summed E-state index contributed by atoms with van der Waals surface area (Å²) in [5.41, 5.74) is 8.19. The molecule has 0 fully saturated rings. The minimum atomic E-state index is -0.363. The number of nitrogens with two attached hydrogens (primary N) is 1. The number of fused-ring (bicyclic) bond motifs is 1. The fraction of sp³-hybridized carbons (Fsp3) is 0.0714. The Hall–Kier alpha value is -1.88. The average molecular weight is 320 g/mol. The Morgan fingerprint density at radius 2 is 2.00 bits per heavy atom. The second-order valence-corrected chi connectivity index (χ2v) is 5.28. The van der Waals surface area contributed by atoms with Crippen LogP contribution in [0.4, 0.5) is 10.1 Å². The SMILES string of the molecule is Cn1c(-c2ccc(N)cc2F)nc2cc(Br)ccc21. The van der Waals surface area contributed by atoms with Crippen molar-refractivity contribution in [3.8, 4) is 11.4 Å². The van der Waals surface area contributed by atoms with Gasteiger partial charge in [-0.2, -0.15) is 0 Å². The molecule has 0 spiro atoms. The van der Waals surface area contributed by atoms with Crippen molar-refractivity contribution < 1.29 is 4.39 Å². The van der Waals surface area contributed by atoms with Gasteiger partial charge >= 0.3 is 0 Å². The zero-order chi connectivity index (χ0) is 13.6. The van der Waals surface area contributed by atoms with E-state index in [1.807, 2.05) is 29.8 Å². The van der Waals surface area contributed by atoms with Crippen LogP contribution < -0.4 is 5.73 Å². The molecule has 0 bridgehead atoms. The van der Waals surface area contributed by atoms with Crippen LogP contribution in [0.3, 0.4) is 0 Å². The molecule has 3 rings (SSSR count). The van der Waals surface area contributed by atoms with E-state index in [9.17, 15) is 4.39 Å². The van der Waals surface area contributed by atoms with Gasteiger partial charge in [0.25, 0.3) is 0 Å². The van der Waals surface area contributed by atoms with Crippen LogP contribution in [0, 0.1) is 5.82 Å². The van der Waals surface area contributed by atoms with Crippen molar-refractivity contribution in [1.82, 2.24) is 9.55 Å². The number of rotatable bonds is 1. The molecular formula is C14H11BrFN3. The van der Waals surface area contributed by atoms with Gasteiger partial charge in [-0.05, 0) is 36.4 Å². The van der Waals surface area contributed by atoms with Crippen LogP contribution in [0.15, 0.2) is 40.9 Å². The molecule has 0 atom stereocenters. The highest BCUT2D eigenvalue weighted by Crippen LogP contribution is 2.28. The topological polar surface area (TPSA) is 43.8 Å². The smallest absolute Gasteiger partial charge is 0.143 e. The number of nitrogen functional groups attached to an aromatic ring is 1. The van der Waals surface area contributed by atoms with Crippen LogP contribution in [0.1, 0.15) is 0 Å². The number of benzene rings is 2. The molecule has 0 aliphatic heterocycles. The fourth-order valence-corrected chi connectivity index (χ4v) is 2.48. The van der Waals surface area contributed by atoms with Gasteiger partial charge in [-0.3, -0.25) is 0 Å². The lowest BCUT2D eigenvalue weighted by molar-refractivity contribution is 0.629. The number of halogens is 2. The lowest BCUT2D eigenvalue weighted by atomic mass is 10.2. The van der Waals surface area contributed by atoms with E-state index < -0.39 is 0 Å². The predicted octanol–water partition coefficient (Wildman–Crippen LogP) is 3.72. The van der Waals surface area contributed by atoms with E-state index in [0.717, 1.165) is 15.5 Å². The Balaban J connectivity index is 2.27. The van der Waals surface area contributed by atoms with Gasteiger partial charge in [-0.15, -0.1) is 0 Å². The molecule has 0 saturated carbocycles. The zero-order valence-corrected chi connectivity index (χ0v) is 11.8. The molecule has 19 heavy (non-hydrogen) atoms. The van der Waals surface area contributed by atoms with Crippen molar-refractivity contribution in [2.75, 3.05) is 5.73 Å². The quantitative estimate of drug-likeness (QED) is 0.695. The molecule has 0 aliphatic carbocycles. The molecule has 3 nitrogen and oxygen atoms in total. The molecule has 2 aromatic carbocycles. The minimum absolute atomic E-state index is 0.363. The number of hydrogen-bond donors (Lipinski definition) is 1. The first-order chi connectivity index (χ1) is 9.06. The highest BCUT2D eigenvalue weighted by atomic mass is 79.9. The summed E-state index contributed by atoms with van der Waals surface area (Å²) in [4.78, 5) is 4.49. The van der Waals surface area contributed by atoms with E-state index in [1.165, 1.54) is 6.07 Å². The van der Waals surface area contributed by atoms with Crippen LogP contribution in [-0.4, -0.2) is 9.55 Å². The van der Waals surface area contributed by atoms with E-state index >= 15 is 0 Å². The van der Waals surface area contributed by atoms with E-state index in [0.29, 0.717) is 17.1 Å². The molecule has 1 aromatic heterocycles. The highest BCUT2D eigenvalue weighted by Gasteiger charge is 2.13. The molecule has 2 N–H and O–H groups in total. The van der Waals surface area contributed by atoms with Crippen molar-refractivity contribution in [3.05, 3.63) is 46.7 Å². The number of anilines is 1. The second-order valence-electron chi connectivity index (χ2n) is 4.37. The molecular weight excluding hydrogens is 309 g/mol. The van der Waals surface area contributed by atoms with Crippen LogP contribution >= 0.6 is 15.9 Å². The van der Waals surface area contributed by atoms with E-state index in [-0.39, 0.29) is 5.82 Å². The fourth-order valence-electron chi connectivity index (χ4n) is 2.13. The van der Waals surface area contributed by atoms with Gasteiger partial charge in [-0.25, -0.2) is 9.37 Å². The molecule has 0 saturated heterocycles. The third kappa shape index (κ3) is 2.00.